The van der Waals surface area contributed by atoms with Crippen molar-refractivity contribution in [3.8, 4) is 11.1 Å². The first-order chi connectivity index (χ1) is 18.6. The van der Waals surface area contributed by atoms with Crippen molar-refractivity contribution in [3.05, 3.63) is 139 Å². The number of rotatable bonds is 8. The van der Waals surface area contributed by atoms with Crippen LogP contribution >= 0.6 is 0 Å². The topological polar surface area (TPSA) is 88.3 Å². The van der Waals surface area contributed by atoms with Gasteiger partial charge in [-0.1, -0.05) is 72.8 Å². The number of amides is 2. The Balaban J connectivity index is 1.56. The molecular weight excluding hydrogens is 476 g/mol. The Morgan fingerprint density at radius 1 is 0.816 bits per heavy atom. The van der Waals surface area contributed by atoms with Gasteiger partial charge < -0.3 is 9.73 Å². The molecule has 2 amide bonds. The second-order valence-electron chi connectivity index (χ2n) is 8.74. The minimum atomic E-state index is -1.10. The Hall–Kier alpha value is -5.04. The van der Waals surface area contributed by atoms with Gasteiger partial charge in [0.15, 0.2) is 11.8 Å². The molecule has 0 saturated carbocycles. The fourth-order valence-electron chi connectivity index (χ4n) is 4.30. The maximum absolute atomic E-state index is 13.9. The predicted molar refractivity (Wildman–Crippen MR) is 145 cm³/mol. The fraction of sp³-hybridized carbons (Fsp3) is 0.0968. The van der Waals surface area contributed by atoms with Crippen LogP contribution in [-0.2, 0) is 4.79 Å². The van der Waals surface area contributed by atoms with Crippen molar-refractivity contribution in [1.82, 2.24) is 15.3 Å². The van der Waals surface area contributed by atoms with Crippen molar-refractivity contribution in [2.24, 2.45) is 0 Å². The summed E-state index contributed by atoms with van der Waals surface area (Å²) in [5, 5.41) is 3.05. The van der Waals surface area contributed by atoms with Gasteiger partial charge in [0.2, 0.25) is 5.91 Å². The molecule has 5 rings (SSSR count). The maximum atomic E-state index is 13.9. The van der Waals surface area contributed by atoms with E-state index in [2.05, 4.69) is 15.3 Å². The lowest BCUT2D eigenvalue weighted by Crippen LogP contribution is -2.45. The molecular formula is C31H26N4O3. The lowest BCUT2D eigenvalue weighted by atomic mass is 10.0. The van der Waals surface area contributed by atoms with Crippen molar-refractivity contribution < 1.29 is 14.0 Å². The molecule has 0 saturated heterocycles. The standard InChI is InChI=1S/C31H26N4O3/c1-22(23-9-4-2-5-10-23)34-30(36)29(27-21-32-18-19-33-27)35(31(37)28-13-8-20-38-28)26-16-14-25(15-17-26)24-11-6-3-7-12-24/h2-22,29H,1H3,(H,34,36)/t22-,29?/m0/s1. The van der Waals surface area contributed by atoms with Gasteiger partial charge in [-0.2, -0.15) is 0 Å². The van der Waals surface area contributed by atoms with Crippen LogP contribution in [0.15, 0.2) is 126 Å². The third-order valence-corrected chi connectivity index (χ3v) is 6.23. The van der Waals surface area contributed by atoms with Crippen molar-refractivity contribution in [3.63, 3.8) is 0 Å². The van der Waals surface area contributed by atoms with Gasteiger partial charge in [0.05, 0.1) is 24.2 Å². The van der Waals surface area contributed by atoms with E-state index < -0.39 is 17.9 Å². The van der Waals surface area contributed by atoms with Crippen molar-refractivity contribution in [1.29, 1.82) is 0 Å². The van der Waals surface area contributed by atoms with Crippen LogP contribution in [0.25, 0.3) is 11.1 Å². The maximum Gasteiger partial charge on any atom is 0.295 e. The number of aromatic nitrogens is 2. The average molecular weight is 503 g/mol. The van der Waals surface area contributed by atoms with E-state index in [9.17, 15) is 9.59 Å². The molecule has 0 bridgehead atoms. The number of hydrogen-bond acceptors (Lipinski definition) is 5. The van der Waals surface area contributed by atoms with E-state index >= 15 is 0 Å². The molecule has 2 aromatic heterocycles. The Morgan fingerprint density at radius 3 is 2.13 bits per heavy atom. The molecule has 0 spiro atoms. The number of carbonyl (C=O) groups is 2. The molecule has 3 aromatic carbocycles. The molecule has 0 radical (unpaired) electrons. The van der Waals surface area contributed by atoms with Crippen LogP contribution in [0, 0.1) is 0 Å². The Bertz CT molecular complexity index is 1470. The second kappa shape index (κ2) is 11.3. The highest BCUT2D eigenvalue weighted by molar-refractivity contribution is 6.08. The molecule has 0 aliphatic rings. The van der Waals surface area contributed by atoms with Gasteiger partial charge in [-0.05, 0) is 47.9 Å². The molecule has 1 unspecified atom stereocenters. The first kappa shape index (κ1) is 24.6. The second-order valence-corrected chi connectivity index (χ2v) is 8.74. The fourth-order valence-corrected chi connectivity index (χ4v) is 4.30. The monoisotopic (exact) mass is 502 g/mol. The molecule has 2 atom stereocenters. The van der Waals surface area contributed by atoms with Crippen molar-refractivity contribution in [2.75, 3.05) is 4.90 Å². The number of carbonyl (C=O) groups excluding carboxylic acids is 2. The Kier molecular flexibility index (Phi) is 7.36. The highest BCUT2D eigenvalue weighted by Gasteiger charge is 2.36. The summed E-state index contributed by atoms with van der Waals surface area (Å²) in [5.41, 5.74) is 3.82. The third kappa shape index (κ3) is 5.37. The summed E-state index contributed by atoms with van der Waals surface area (Å²) >= 11 is 0. The molecule has 5 aromatic rings. The lowest BCUT2D eigenvalue weighted by molar-refractivity contribution is -0.123. The minimum absolute atomic E-state index is 0.106. The molecule has 0 fully saturated rings. The normalized spacial score (nSPS) is 12.3. The van der Waals surface area contributed by atoms with Gasteiger partial charge in [0.25, 0.3) is 5.91 Å². The van der Waals surface area contributed by atoms with Crippen LogP contribution < -0.4 is 10.2 Å². The zero-order valence-corrected chi connectivity index (χ0v) is 20.8. The van der Waals surface area contributed by atoms with E-state index in [1.54, 1.807) is 12.1 Å². The van der Waals surface area contributed by atoms with Crippen LogP contribution in [0.3, 0.4) is 0 Å². The van der Waals surface area contributed by atoms with Gasteiger partial charge in [-0.3, -0.25) is 24.5 Å². The first-order valence-electron chi connectivity index (χ1n) is 12.3. The van der Waals surface area contributed by atoms with Crippen molar-refractivity contribution in [2.45, 2.75) is 19.0 Å². The van der Waals surface area contributed by atoms with E-state index in [4.69, 9.17) is 4.42 Å². The van der Waals surface area contributed by atoms with Crippen LogP contribution in [0.4, 0.5) is 5.69 Å². The number of benzene rings is 3. The summed E-state index contributed by atoms with van der Waals surface area (Å²) in [4.78, 5) is 37.7. The first-order valence-corrected chi connectivity index (χ1v) is 12.3. The molecule has 2 heterocycles. The number of nitrogens with zero attached hydrogens (tertiary/aromatic N) is 3. The Morgan fingerprint density at radius 2 is 1.50 bits per heavy atom. The smallest absolute Gasteiger partial charge is 0.295 e. The largest absolute Gasteiger partial charge is 0.459 e. The Labute approximate surface area is 220 Å². The molecule has 188 valence electrons. The van der Waals surface area contributed by atoms with Crippen molar-refractivity contribution >= 4 is 17.5 Å². The van der Waals surface area contributed by atoms with E-state index in [0.717, 1.165) is 16.7 Å². The number of anilines is 1. The summed E-state index contributed by atoms with van der Waals surface area (Å²) in [5.74, 6) is -0.760. The molecule has 1 N–H and O–H groups in total. The zero-order valence-electron chi connectivity index (χ0n) is 20.8. The number of nitrogens with one attached hydrogen (secondary N) is 1. The highest BCUT2D eigenvalue weighted by Crippen LogP contribution is 2.31. The molecule has 0 aliphatic carbocycles. The van der Waals surface area contributed by atoms with Gasteiger partial charge in [0.1, 0.15) is 0 Å². The van der Waals surface area contributed by atoms with E-state index in [1.807, 2.05) is 91.9 Å². The number of furan rings is 1. The number of hydrogen-bond donors (Lipinski definition) is 1. The van der Waals surface area contributed by atoms with Crippen LogP contribution in [0.2, 0.25) is 0 Å². The van der Waals surface area contributed by atoms with E-state index in [1.165, 1.54) is 29.8 Å². The average Bonchev–Trinajstić information content (AvgIpc) is 3.52. The van der Waals surface area contributed by atoms with E-state index in [-0.39, 0.29) is 11.8 Å². The van der Waals surface area contributed by atoms with Gasteiger partial charge in [-0.15, -0.1) is 0 Å². The lowest BCUT2D eigenvalue weighted by Gasteiger charge is -2.31. The van der Waals surface area contributed by atoms with E-state index in [0.29, 0.717) is 11.4 Å². The van der Waals surface area contributed by atoms with Crippen LogP contribution in [-0.4, -0.2) is 21.8 Å². The van der Waals surface area contributed by atoms with Gasteiger partial charge in [-0.25, -0.2) is 0 Å². The van der Waals surface area contributed by atoms with Crippen LogP contribution in [0.1, 0.15) is 40.8 Å². The summed E-state index contributed by atoms with van der Waals surface area (Å²) < 4.78 is 5.45. The highest BCUT2D eigenvalue weighted by atomic mass is 16.3. The third-order valence-electron chi connectivity index (χ3n) is 6.23. The molecule has 7 nitrogen and oxygen atoms in total. The van der Waals surface area contributed by atoms with Gasteiger partial charge >= 0.3 is 0 Å². The molecule has 38 heavy (non-hydrogen) atoms. The molecule has 0 aliphatic heterocycles. The quantitative estimate of drug-likeness (QED) is 0.281. The summed E-state index contributed by atoms with van der Waals surface area (Å²) in [7, 11) is 0. The zero-order chi connectivity index (χ0) is 26.3. The summed E-state index contributed by atoms with van der Waals surface area (Å²) in [6.45, 7) is 1.90. The SMILES string of the molecule is C[C@H](NC(=O)C(c1cnccn1)N(C(=O)c1ccco1)c1ccc(-c2ccccc2)cc1)c1ccccc1. The summed E-state index contributed by atoms with van der Waals surface area (Å²) in [6, 6.07) is 28.9. The predicted octanol–water partition coefficient (Wildman–Crippen LogP) is 6.00. The molecule has 7 heteroatoms. The van der Waals surface area contributed by atoms with Gasteiger partial charge in [0, 0.05) is 18.1 Å². The minimum Gasteiger partial charge on any atom is -0.459 e. The summed E-state index contributed by atoms with van der Waals surface area (Å²) in [6.07, 6.45) is 5.96. The van der Waals surface area contributed by atoms with Crippen LogP contribution in [0.5, 0.6) is 0 Å².